The van der Waals surface area contributed by atoms with Gasteiger partial charge < -0.3 is 4.74 Å². The largest absolute Gasteiger partial charge is 0.389 e. The van der Waals surface area contributed by atoms with E-state index in [0.29, 0.717) is 0 Å². The summed E-state index contributed by atoms with van der Waals surface area (Å²) < 4.78 is 3.97. The minimum atomic E-state index is -1.41. The van der Waals surface area contributed by atoms with Crippen molar-refractivity contribution in [2.75, 3.05) is 0 Å². The zero-order chi connectivity index (χ0) is 9.02. The van der Waals surface area contributed by atoms with Gasteiger partial charge in [-0.1, -0.05) is 46.4 Å². The number of hydrogen-bond acceptors (Lipinski definition) is 3. The van der Waals surface area contributed by atoms with E-state index in [1.807, 2.05) is 0 Å². The molecule has 0 aliphatic heterocycles. The maximum Gasteiger partial charge on any atom is 0.347 e. The van der Waals surface area contributed by atoms with Crippen molar-refractivity contribution >= 4 is 70.7 Å². The lowest BCUT2D eigenvalue weighted by Gasteiger charge is -2.01. The van der Waals surface area contributed by atoms with Crippen molar-refractivity contribution in [3.63, 3.8) is 0 Å². The van der Waals surface area contributed by atoms with Gasteiger partial charge in [-0.05, 0) is 0 Å². The molecule has 0 spiro atoms. The second-order valence-corrected chi connectivity index (χ2v) is 3.53. The Bertz CT molecular complexity index is 150. The van der Waals surface area contributed by atoms with Crippen LogP contribution in [0.5, 0.6) is 0 Å². The first kappa shape index (κ1) is 15.1. The molecule has 0 radical (unpaired) electrons. The van der Waals surface area contributed by atoms with Crippen molar-refractivity contribution in [2.45, 2.75) is 9.67 Å². The van der Waals surface area contributed by atoms with Crippen LogP contribution < -0.4 is 0 Å². The molecule has 0 aromatic rings. The fourth-order valence-corrected chi connectivity index (χ4v) is 0.366. The van der Waals surface area contributed by atoms with Gasteiger partial charge in [0.15, 0.2) is 0 Å². The van der Waals surface area contributed by atoms with Gasteiger partial charge in [-0.2, -0.15) is 0 Å². The van der Waals surface area contributed by atoms with Gasteiger partial charge in [-0.15, -0.1) is 12.4 Å². The SMILES string of the molecule is Cl.O=C(OC(=O)C(Cl)Cl)C(Cl)Cl. The summed E-state index contributed by atoms with van der Waals surface area (Å²) in [7, 11) is 0. The highest BCUT2D eigenvalue weighted by molar-refractivity contribution is 6.55. The molecule has 0 saturated heterocycles. The van der Waals surface area contributed by atoms with Crippen LogP contribution in [0, 0.1) is 0 Å². The third-order valence-corrected chi connectivity index (χ3v) is 1.27. The second-order valence-electron chi connectivity index (χ2n) is 1.34. The number of carbonyl (C=O) groups is 2. The van der Waals surface area contributed by atoms with E-state index in [2.05, 4.69) is 4.74 Å². The van der Waals surface area contributed by atoms with Crippen LogP contribution in [-0.4, -0.2) is 21.6 Å². The summed E-state index contributed by atoms with van der Waals surface area (Å²) in [4.78, 5) is 18.0. The standard InChI is InChI=1S/C4H2Cl4O3.ClH/c5-1(6)3(9)11-4(10)2(7)8;/h1-2H;1H. The van der Waals surface area contributed by atoms with Crippen LogP contribution in [0.3, 0.4) is 0 Å². The second kappa shape index (κ2) is 7.04. The van der Waals surface area contributed by atoms with Crippen LogP contribution >= 0.6 is 58.8 Å². The van der Waals surface area contributed by atoms with Gasteiger partial charge >= 0.3 is 11.9 Å². The Kier molecular flexibility index (Phi) is 8.84. The van der Waals surface area contributed by atoms with Gasteiger partial charge in [-0.3, -0.25) is 0 Å². The number of hydrogen-bond donors (Lipinski definition) is 0. The lowest BCUT2D eigenvalue weighted by atomic mass is 10.7. The quantitative estimate of drug-likeness (QED) is 0.440. The zero-order valence-corrected chi connectivity index (χ0v) is 9.14. The number of rotatable bonds is 2. The summed E-state index contributed by atoms with van der Waals surface area (Å²) >= 11 is 20.1. The molecular formula is C4H3Cl5O3. The van der Waals surface area contributed by atoms with Gasteiger partial charge in [0.2, 0.25) is 9.67 Å². The molecule has 0 bridgehead atoms. The molecule has 0 rings (SSSR count). The van der Waals surface area contributed by atoms with E-state index in [9.17, 15) is 9.59 Å². The van der Waals surface area contributed by atoms with Gasteiger partial charge in [-0.25, -0.2) is 9.59 Å². The molecule has 0 aliphatic rings. The number of alkyl halides is 4. The lowest BCUT2D eigenvalue weighted by molar-refractivity contribution is -0.157. The molecule has 0 fully saturated rings. The summed E-state index contributed by atoms with van der Waals surface area (Å²) in [6.07, 6.45) is 0. The van der Waals surface area contributed by atoms with E-state index < -0.39 is 21.6 Å². The fourth-order valence-electron chi connectivity index (χ4n) is 0.188. The van der Waals surface area contributed by atoms with Crippen molar-refractivity contribution in [1.29, 1.82) is 0 Å². The maximum atomic E-state index is 10.4. The van der Waals surface area contributed by atoms with Crippen LogP contribution in [0.2, 0.25) is 0 Å². The van der Waals surface area contributed by atoms with E-state index >= 15 is 0 Å². The third kappa shape index (κ3) is 6.14. The topological polar surface area (TPSA) is 43.4 Å². The molecule has 0 unspecified atom stereocenters. The van der Waals surface area contributed by atoms with Crippen LogP contribution in [0.15, 0.2) is 0 Å². The van der Waals surface area contributed by atoms with Crippen molar-refractivity contribution in [3.05, 3.63) is 0 Å². The van der Waals surface area contributed by atoms with E-state index in [-0.39, 0.29) is 12.4 Å². The van der Waals surface area contributed by atoms with Crippen molar-refractivity contribution in [3.8, 4) is 0 Å². The smallest absolute Gasteiger partial charge is 0.347 e. The Morgan fingerprint density at radius 3 is 1.33 bits per heavy atom. The fraction of sp³-hybridized carbons (Fsp3) is 0.500. The van der Waals surface area contributed by atoms with Crippen LogP contribution in [0.4, 0.5) is 0 Å². The summed E-state index contributed by atoms with van der Waals surface area (Å²) in [5, 5.41) is 0. The summed E-state index contributed by atoms with van der Waals surface area (Å²) in [6, 6.07) is 0. The van der Waals surface area contributed by atoms with E-state index in [1.54, 1.807) is 0 Å². The summed E-state index contributed by atoms with van der Waals surface area (Å²) in [5.41, 5.74) is 0. The number of ether oxygens (including phenoxy) is 1. The van der Waals surface area contributed by atoms with Gasteiger partial charge in [0.1, 0.15) is 0 Å². The highest BCUT2D eigenvalue weighted by atomic mass is 35.5. The molecule has 8 heteroatoms. The monoisotopic (exact) mass is 274 g/mol. The zero-order valence-electron chi connectivity index (χ0n) is 5.30. The highest BCUT2D eigenvalue weighted by Gasteiger charge is 2.21. The summed E-state index contributed by atoms with van der Waals surface area (Å²) in [6.45, 7) is 0. The molecule has 0 aromatic heterocycles. The van der Waals surface area contributed by atoms with Gasteiger partial charge in [0.25, 0.3) is 0 Å². The van der Waals surface area contributed by atoms with Crippen molar-refractivity contribution in [1.82, 2.24) is 0 Å². The van der Waals surface area contributed by atoms with E-state index in [0.717, 1.165) is 0 Å². The molecular weight excluding hydrogens is 273 g/mol. The van der Waals surface area contributed by atoms with E-state index in [1.165, 1.54) is 0 Å². The average molecular weight is 276 g/mol. The van der Waals surface area contributed by atoms with Gasteiger partial charge in [0, 0.05) is 0 Å². The molecule has 72 valence electrons. The minimum Gasteiger partial charge on any atom is -0.389 e. The Morgan fingerprint density at radius 1 is 0.917 bits per heavy atom. The van der Waals surface area contributed by atoms with Crippen LogP contribution in [0.1, 0.15) is 0 Å². The minimum absolute atomic E-state index is 0. The molecule has 0 N–H and O–H groups in total. The van der Waals surface area contributed by atoms with Crippen molar-refractivity contribution in [2.24, 2.45) is 0 Å². The molecule has 0 aliphatic carbocycles. The third-order valence-electron chi connectivity index (χ3n) is 0.558. The molecule has 0 amide bonds. The first-order chi connectivity index (χ1) is 4.95. The molecule has 0 atom stereocenters. The first-order valence-corrected chi connectivity index (χ1v) is 4.01. The predicted molar refractivity (Wildman–Crippen MR) is 49.3 cm³/mol. The summed E-state index contributed by atoms with van der Waals surface area (Å²) in [5.74, 6) is -2.19. The number of esters is 2. The van der Waals surface area contributed by atoms with Crippen LogP contribution in [0.25, 0.3) is 0 Å². The first-order valence-electron chi connectivity index (χ1n) is 2.27. The molecule has 0 saturated carbocycles. The predicted octanol–water partition coefficient (Wildman–Crippen LogP) is 2.09. The average Bonchev–Trinajstić information content (AvgIpc) is 1.87. The Balaban J connectivity index is 0. The van der Waals surface area contributed by atoms with Crippen molar-refractivity contribution < 1.29 is 14.3 Å². The molecule has 12 heavy (non-hydrogen) atoms. The Morgan fingerprint density at radius 2 is 1.17 bits per heavy atom. The Labute approximate surface area is 94.6 Å². The Hall–Kier alpha value is 0.590. The highest BCUT2D eigenvalue weighted by Crippen LogP contribution is 2.08. The maximum absolute atomic E-state index is 10.4. The number of carbonyl (C=O) groups excluding carboxylic acids is 2. The van der Waals surface area contributed by atoms with Gasteiger partial charge in [0.05, 0.1) is 0 Å². The number of halogens is 5. The molecule has 0 heterocycles. The molecule has 0 aromatic carbocycles. The normalized spacial score (nSPS) is 9.50. The van der Waals surface area contributed by atoms with E-state index in [4.69, 9.17) is 46.4 Å². The van der Waals surface area contributed by atoms with Crippen LogP contribution in [-0.2, 0) is 14.3 Å². The lowest BCUT2D eigenvalue weighted by Crippen LogP contribution is -2.21. The molecule has 3 nitrogen and oxygen atoms in total.